The van der Waals surface area contributed by atoms with Crippen LogP contribution in [0.3, 0.4) is 0 Å². The van der Waals surface area contributed by atoms with Gasteiger partial charge in [0.05, 0.1) is 25.1 Å². The summed E-state index contributed by atoms with van der Waals surface area (Å²) in [5, 5.41) is 8.88. The van der Waals surface area contributed by atoms with Gasteiger partial charge in [-0.3, -0.25) is 0 Å². The van der Waals surface area contributed by atoms with E-state index in [0.717, 1.165) is 0 Å². The summed E-state index contributed by atoms with van der Waals surface area (Å²) < 4.78 is 30.0. The maximum atomic E-state index is 11.7. The summed E-state index contributed by atoms with van der Waals surface area (Å²) in [5.74, 6) is 0.0711. The van der Waals surface area contributed by atoms with Crippen molar-refractivity contribution in [2.24, 2.45) is 5.73 Å². The van der Waals surface area contributed by atoms with Gasteiger partial charge in [0.2, 0.25) is 10.0 Å². The fourth-order valence-electron chi connectivity index (χ4n) is 1.45. The molecule has 1 heterocycles. The lowest BCUT2D eigenvalue weighted by Gasteiger charge is -2.31. The summed E-state index contributed by atoms with van der Waals surface area (Å²) in [4.78, 5) is 0. The van der Waals surface area contributed by atoms with Gasteiger partial charge in [-0.05, 0) is 13.0 Å². The van der Waals surface area contributed by atoms with Crippen molar-refractivity contribution in [2.75, 3.05) is 38.6 Å². The van der Waals surface area contributed by atoms with E-state index in [1.807, 2.05) is 0 Å². The molecular weight excluding hydrogens is 220 g/mol. The second-order valence-corrected chi connectivity index (χ2v) is 5.58. The van der Waals surface area contributed by atoms with Crippen LogP contribution in [-0.4, -0.2) is 62.5 Å². The number of hydrogen-bond acceptors (Lipinski definition) is 5. The molecule has 0 radical (unpaired) electrons. The molecule has 0 bridgehead atoms. The minimum absolute atomic E-state index is 0.0711. The van der Waals surface area contributed by atoms with Crippen LogP contribution in [0.1, 0.15) is 6.42 Å². The van der Waals surface area contributed by atoms with Gasteiger partial charge in [-0.15, -0.1) is 0 Å². The lowest BCUT2D eigenvalue weighted by molar-refractivity contribution is -0.0304. The number of rotatable bonds is 5. The van der Waals surface area contributed by atoms with E-state index in [0.29, 0.717) is 26.1 Å². The molecule has 0 spiro atoms. The molecule has 15 heavy (non-hydrogen) atoms. The van der Waals surface area contributed by atoms with Crippen molar-refractivity contribution in [1.82, 2.24) is 4.31 Å². The zero-order valence-corrected chi connectivity index (χ0v) is 9.45. The third-order valence-electron chi connectivity index (χ3n) is 2.30. The molecule has 1 fully saturated rings. The average molecular weight is 238 g/mol. The number of morpholine rings is 1. The Hall–Kier alpha value is -0.210. The summed E-state index contributed by atoms with van der Waals surface area (Å²) in [7, 11) is -3.23. The molecule has 0 aromatic rings. The molecule has 7 heteroatoms. The van der Waals surface area contributed by atoms with E-state index in [9.17, 15) is 8.42 Å². The predicted octanol–water partition coefficient (Wildman–Crippen LogP) is -1.64. The SMILES string of the molecule is NCCCS(=O)(=O)N1CCOC(CO)C1. The van der Waals surface area contributed by atoms with Crippen LogP contribution in [0.25, 0.3) is 0 Å². The summed E-state index contributed by atoms with van der Waals surface area (Å²) in [5.41, 5.74) is 5.27. The fourth-order valence-corrected chi connectivity index (χ4v) is 2.99. The zero-order valence-electron chi connectivity index (χ0n) is 8.63. The van der Waals surface area contributed by atoms with Gasteiger partial charge in [0, 0.05) is 13.1 Å². The average Bonchev–Trinajstić information content (AvgIpc) is 2.26. The van der Waals surface area contributed by atoms with Crippen LogP contribution in [0.4, 0.5) is 0 Å². The van der Waals surface area contributed by atoms with Gasteiger partial charge in [0.1, 0.15) is 0 Å². The molecule has 1 rings (SSSR count). The number of aliphatic hydroxyl groups is 1. The smallest absolute Gasteiger partial charge is 0.214 e. The second kappa shape index (κ2) is 5.76. The molecule has 3 N–H and O–H groups in total. The molecule has 1 saturated heterocycles. The van der Waals surface area contributed by atoms with Crippen LogP contribution in [0.2, 0.25) is 0 Å². The maximum absolute atomic E-state index is 11.7. The van der Waals surface area contributed by atoms with Crippen molar-refractivity contribution in [2.45, 2.75) is 12.5 Å². The van der Waals surface area contributed by atoms with E-state index in [-0.39, 0.29) is 18.9 Å². The first kappa shape index (κ1) is 12.9. The van der Waals surface area contributed by atoms with E-state index < -0.39 is 16.1 Å². The molecule has 0 aromatic heterocycles. The number of hydrogen-bond donors (Lipinski definition) is 2. The molecule has 1 unspecified atom stereocenters. The molecule has 6 nitrogen and oxygen atoms in total. The van der Waals surface area contributed by atoms with Crippen LogP contribution in [-0.2, 0) is 14.8 Å². The van der Waals surface area contributed by atoms with Crippen LogP contribution < -0.4 is 5.73 Å². The van der Waals surface area contributed by atoms with E-state index >= 15 is 0 Å². The highest BCUT2D eigenvalue weighted by Crippen LogP contribution is 2.10. The lowest BCUT2D eigenvalue weighted by atomic mass is 10.3. The Balaban J connectivity index is 2.54. The largest absolute Gasteiger partial charge is 0.394 e. The number of nitrogens with zero attached hydrogens (tertiary/aromatic N) is 1. The Morgan fingerprint density at radius 1 is 1.53 bits per heavy atom. The fraction of sp³-hybridized carbons (Fsp3) is 1.00. The molecular formula is C8H18N2O4S. The zero-order chi connectivity index (χ0) is 11.3. The second-order valence-electron chi connectivity index (χ2n) is 3.49. The minimum Gasteiger partial charge on any atom is -0.394 e. The lowest BCUT2D eigenvalue weighted by Crippen LogP contribution is -2.47. The highest BCUT2D eigenvalue weighted by Gasteiger charge is 2.28. The van der Waals surface area contributed by atoms with Crippen molar-refractivity contribution < 1.29 is 18.3 Å². The van der Waals surface area contributed by atoms with Crippen LogP contribution in [0, 0.1) is 0 Å². The molecule has 1 atom stereocenters. The third-order valence-corrected chi connectivity index (χ3v) is 4.23. The number of ether oxygens (including phenoxy) is 1. The number of nitrogens with two attached hydrogens (primary N) is 1. The molecule has 0 saturated carbocycles. The highest BCUT2D eigenvalue weighted by atomic mass is 32.2. The predicted molar refractivity (Wildman–Crippen MR) is 55.9 cm³/mol. The van der Waals surface area contributed by atoms with Gasteiger partial charge in [-0.2, -0.15) is 4.31 Å². The van der Waals surface area contributed by atoms with Gasteiger partial charge < -0.3 is 15.6 Å². The van der Waals surface area contributed by atoms with Gasteiger partial charge in [-0.25, -0.2) is 8.42 Å². The van der Waals surface area contributed by atoms with Crippen LogP contribution in [0.5, 0.6) is 0 Å². The standard InChI is InChI=1S/C8H18N2O4S/c9-2-1-5-15(12,13)10-3-4-14-8(6-10)7-11/h8,11H,1-7,9H2. The maximum Gasteiger partial charge on any atom is 0.214 e. The van der Waals surface area contributed by atoms with Crippen molar-refractivity contribution in [3.8, 4) is 0 Å². The first-order valence-corrected chi connectivity index (χ1v) is 6.61. The van der Waals surface area contributed by atoms with Gasteiger partial charge in [-0.1, -0.05) is 0 Å². The molecule has 1 aliphatic rings. The minimum atomic E-state index is -3.23. The number of aliphatic hydroxyl groups excluding tert-OH is 1. The van der Waals surface area contributed by atoms with E-state index in [1.54, 1.807) is 0 Å². The Kier molecular flexibility index (Phi) is 4.94. The van der Waals surface area contributed by atoms with Crippen molar-refractivity contribution in [1.29, 1.82) is 0 Å². The molecule has 1 aliphatic heterocycles. The van der Waals surface area contributed by atoms with Gasteiger partial charge in [0.25, 0.3) is 0 Å². The van der Waals surface area contributed by atoms with Crippen molar-refractivity contribution in [3.05, 3.63) is 0 Å². The van der Waals surface area contributed by atoms with Crippen molar-refractivity contribution >= 4 is 10.0 Å². The third kappa shape index (κ3) is 3.69. The normalized spacial score (nSPS) is 24.3. The van der Waals surface area contributed by atoms with Crippen molar-refractivity contribution in [3.63, 3.8) is 0 Å². The quantitative estimate of drug-likeness (QED) is 0.599. The summed E-state index contributed by atoms with van der Waals surface area (Å²) in [6.45, 7) is 1.16. The van der Waals surface area contributed by atoms with E-state index in [4.69, 9.17) is 15.6 Å². The first-order valence-electron chi connectivity index (χ1n) is 5.00. The van der Waals surface area contributed by atoms with Gasteiger partial charge in [0.15, 0.2) is 0 Å². The highest BCUT2D eigenvalue weighted by molar-refractivity contribution is 7.89. The Bertz CT molecular complexity index is 280. The topological polar surface area (TPSA) is 92.9 Å². The molecule has 0 aromatic carbocycles. The summed E-state index contributed by atoms with van der Waals surface area (Å²) in [6, 6.07) is 0. The van der Waals surface area contributed by atoms with E-state index in [1.165, 1.54) is 4.31 Å². The van der Waals surface area contributed by atoms with E-state index in [2.05, 4.69) is 0 Å². The van der Waals surface area contributed by atoms with Crippen LogP contribution >= 0.6 is 0 Å². The Morgan fingerprint density at radius 2 is 2.27 bits per heavy atom. The Morgan fingerprint density at radius 3 is 2.87 bits per heavy atom. The Labute approximate surface area is 90.1 Å². The molecule has 90 valence electrons. The number of sulfonamides is 1. The molecule has 0 amide bonds. The van der Waals surface area contributed by atoms with Crippen LogP contribution in [0.15, 0.2) is 0 Å². The first-order chi connectivity index (χ1) is 7.10. The monoisotopic (exact) mass is 238 g/mol. The molecule has 0 aliphatic carbocycles. The van der Waals surface area contributed by atoms with Gasteiger partial charge >= 0.3 is 0 Å². The summed E-state index contributed by atoms with van der Waals surface area (Å²) in [6.07, 6.45) is 0.0649. The summed E-state index contributed by atoms with van der Waals surface area (Å²) >= 11 is 0.